The first kappa shape index (κ1) is 15.6. The van der Waals surface area contributed by atoms with Gasteiger partial charge in [-0.3, -0.25) is 0 Å². The average Bonchev–Trinajstić information content (AvgIpc) is 2.88. The van der Waals surface area contributed by atoms with Crippen LogP contribution in [0.2, 0.25) is 0 Å². The molecule has 21 heavy (non-hydrogen) atoms. The predicted octanol–water partition coefficient (Wildman–Crippen LogP) is 4.22. The van der Waals surface area contributed by atoms with Crippen LogP contribution in [0.3, 0.4) is 0 Å². The first-order valence-electron chi connectivity index (χ1n) is 7.53. The van der Waals surface area contributed by atoms with E-state index in [-0.39, 0.29) is 0 Å². The van der Waals surface area contributed by atoms with Gasteiger partial charge >= 0.3 is 0 Å². The second-order valence-corrected chi connectivity index (χ2v) is 5.88. The third-order valence-corrected chi connectivity index (χ3v) is 3.49. The van der Waals surface area contributed by atoms with E-state index in [9.17, 15) is 0 Å². The van der Waals surface area contributed by atoms with Crippen molar-refractivity contribution in [2.24, 2.45) is 5.92 Å². The van der Waals surface area contributed by atoms with Crippen molar-refractivity contribution in [3.8, 4) is 5.75 Å². The number of aryl methyl sites for hydroxylation is 1. The second kappa shape index (κ2) is 7.32. The van der Waals surface area contributed by atoms with Crippen molar-refractivity contribution in [2.45, 2.75) is 40.8 Å². The number of ether oxygens (including phenoxy) is 1. The zero-order valence-corrected chi connectivity index (χ0v) is 13.4. The molecule has 0 saturated carbocycles. The molecular weight excluding hydrogens is 262 g/mol. The zero-order valence-electron chi connectivity index (χ0n) is 13.4. The highest BCUT2D eigenvalue weighted by atomic mass is 16.5. The van der Waals surface area contributed by atoms with Gasteiger partial charge in [-0.15, -0.1) is 0 Å². The average molecular weight is 287 g/mol. The van der Waals surface area contributed by atoms with Crippen molar-refractivity contribution >= 4 is 0 Å². The second-order valence-electron chi connectivity index (χ2n) is 5.88. The largest absolute Gasteiger partial charge is 0.485 e. The lowest BCUT2D eigenvalue weighted by atomic mass is 10.1. The Morgan fingerprint density at radius 3 is 2.62 bits per heavy atom. The number of benzene rings is 1. The van der Waals surface area contributed by atoms with Crippen molar-refractivity contribution in [3.05, 3.63) is 53.0 Å². The molecule has 1 aromatic carbocycles. The van der Waals surface area contributed by atoms with Crippen LogP contribution in [0.15, 0.2) is 34.7 Å². The summed E-state index contributed by atoms with van der Waals surface area (Å²) in [7, 11) is 0. The lowest BCUT2D eigenvalue weighted by Crippen LogP contribution is -2.18. The van der Waals surface area contributed by atoms with E-state index in [0.717, 1.165) is 30.4 Å². The molecular formula is C18H25NO2. The third kappa shape index (κ3) is 4.64. The third-order valence-electron chi connectivity index (χ3n) is 3.49. The fourth-order valence-electron chi connectivity index (χ4n) is 2.11. The molecule has 0 radical (unpaired) electrons. The molecule has 3 heteroatoms. The van der Waals surface area contributed by atoms with Crippen LogP contribution < -0.4 is 10.1 Å². The highest BCUT2D eigenvalue weighted by Crippen LogP contribution is 2.22. The molecule has 0 unspecified atom stereocenters. The molecule has 114 valence electrons. The minimum Gasteiger partial charge on any atom is -0.485 e. The van der Waals surface area contributed by atoms with E-state index in [2.05, 4.69) is 39.1 Å². The van der Waals surface area contributed by atoms with E-state index in [1.54, 1.807) is 0 Å². The molecule has 1 aromatic heterocycles. The van der Waals surface area contributed by atoms with Crippen LogP contribution >= 0.6 is 0 Å². The molecule has 0 saturated heterocycles. The first-order chi connectivity index (χ1) is 10.1. The van der Waals surface area contributed by atoms with Crippen LogP contribution in [0.5, 0.6) is 5.75 Å². The topological polar surface area (TPSA) is 34.4 Å². The molecule has 0 atom stereocenters. The molecule has 0 aliphatic carbocycles. The van der Waals surface area contributed by atoms with Crippen LogP contribution in [0.4, 0.5) is 0 Å². The van der Waals surface area contributed by atoms with Crippen molar-refractivity contribution in [1.29, 1.82) is 0 Å². The van der Waals surface area contributed by atoms with Gasteiger partial charge < -0.3 is 14.5 Å². The van der Waals surface area contributed by atoms with Crippen LogP contribution in [0, 0.1) is 19.8 Å². The van der Waals surface area contributed by atoms with Gasteiger partial charge in [0.25, 0.3) is 0 Å². The molecule has 2 rings (SSSR count). The van der Waals surface area contributed by atoms with E-state index in [1.807, 2.05) is 24.3 Å². The summed E-state index contributed by atoms with van der Waals surface area (Å²) in [6, 6.07) is 10.1. The summed E-state index contributed by atoms with van der Waals surface area (Å²) in [5.41, 5.74) is 2.42. The van der Waals surface area contributed by atoms with Gasteiger partial charge in [0.2, 0.25) is 0 Å². The Hall–Kier alpha value is -1.74. The van der Waals surface area contributed by atoms with E-state index in [4.69, 9.17) is 9.15 Å². The Morgan fingerprint density at radius 2 is 1.86 bits per heavy atom. The summed E-state index contributed by atoms with van der Waals surface area (Å²) in [4.78, 5) is 0. The molecule has 0 spiro atoms. The van der Waals surface area contributed by atoms with Gasteiger partial charge in [0.1, 0.15) is 23.9 Å². The number of hydrogen-bond donors (Lipinski definition) is 1. The summed E-state index contributed by atoms with van der Waals surface area (Å²) >= 11 is 0. The summed E-state index contributed by atoms with van der Waals surface area (Å²) in [5, 5.41) is 3.37. The summed E-state index contributed by atoms with van der Waals surface area (Å²) in [6.07, 6.45) is 0. The van der Waals surface area contributed by atoms with E-state index < -0.39 is 0 Å². The Bertz CT molecular complexity index is 572. The minimum atomic E-state index is 0.467. The minimum absolute atomic E-state index is 0.467. The highest BCUT2D eigenvalue weighted by Gasteiger charge is 2.06. The standard InChI is InChI=1S/C18H25NO2/c1-13(2)10-19-11-16-8-9-17(21-16)12-20-18-7-5-6-14(3)15(18)4/h5-9,13,19H,10-12H2,1-4H3. The van der Waals surface area contributed by atoms with Gasteiger partial charge in [0.15, 0.2) is 0 Å². The van der Waals surface area contributed by atoms with E-state index in [0.29, 0.717) is 12.5 Å². The maximum Gasteiger partial charge on any atom is 0.146 e. The van der Waals surface area contributed by atoms with Gasteiger partial charge in [-0.1, -0.05) is 26.0 Å². The predicted molar refractivity (Wildman–Crippen MR) is 85.5 cm³/mol. The molecule has 2 aromatic rings. The number of nitrogens with one attached hydrogen (secondary N) is 1. The SMILES string of the molecule is Cc1cccc(OCc2ccc(CNCC(C)C)o2)c1C. The maximum absolute atomic E-state index is 5.85. The van der Waals surface area contributed by atoms with Crippen molar-refractivity contribution in [1.82, 2.24) is 5.32 Å². The first-order valence-corrected chi connectivity index (χ1v) is 7.53. The molecule has 0 bridgehead atoms. The Kier molecular flexibility index (Phi) is 5.45. The molecule has 0 amide bonds. The molecule has 1 heterocycles. The van der Waals surface area contributed by atoms with Gasteiger partial charge in [-0.05, 0) is 55.6 Å². The molecule has 0 aliphatic rings. The Labute approximate surface area is 127 Å². The van der Waals surface area contributed by atoms with Crippen LogP contribution in [-0.4, -0.2) is 6.54 Å². The summed E-state index contributed by atoms with van der Waals surface area (Å²) in [5.74, 6) is 3.38. The van der Waals surface area contributed by atoms with Gasteiger partial charge in [0.05, 0.1) is 6.54 Å². The Balaban J connectivity index is 1.86. The monoisotopic (exact) mass is 287 g/mol. The highest BCUT2D eigenvalue weighted by molar-refractivity contribution is 5.38. The summed E-state index contributed by atoms with van der Waals surface area (Å²) in [6.45, 7) is 10.8. The molecule has 0 aliphatic heterocycles. The maximum atomic E-state index is 5.85. The fourth-order valence-corrected chi connectivity index (χ4v) is 2.11. The molecule has 0 fully saturated rings. The van der Waals surface area contributed by atoms with Crippen LogP contribution in [0.1, 0.15) is 36.5 Å². The van der Waals surface area contributed by atoms with E-state index in [1.165, 1.54) is 11.1 Å². The molecule has 1 N–H and O–H groups in total. The Morgan fingerprint density at radius 1 is 1.10 bits per heavy atom. The van der Waals surface area contributed by atoms with Gasteiger partial charge in [-0.2, -0.15) is 0 Å². The number of rotatable bonds is 7. The quantitative estimate of drug-likeness (QED) is 0.828. The summed E-state index contributed by atoms with van der Waals surface area (Å²) < 4.78 is 11.6. The lowest BCUT2D eigenvalue weighted by Gasteiger charge is -2.09. The number of furan rings is 1. The van der Waals surface area contributed by atoms with Crippen molar-refractivity contribution in [3.63, 3.8) is 0 Å². The number of hydrogen-bond acceptors (Lipinski definition) is 3. The lowest BCUT2D eigenvalue weighted by molar-refractivity contribution is 0.263. The molecule has 3 nitrogen and oxygen atoms in total. The van der Waals surface area contributed by atoms with Crippen molar-refractivity contribution < 1.29 is 9.15 Å². The van der Waals surface area contributed by atoms with Gasteiger partial charge in [-0.25, -0.2) is 0 Å². The van der Waals surface area contributed by atoms with Gasteiger partial charge in [0, 0.05) is 0 Å². The van der Waals surface area contributed by atoms with Crippen molar-refractivity contribution in [2.75, 3.05) is 6.54 Å². The normalized spacial score (nSPS) is 11.1. The van der Waals surface area contributed by atoms with Crippen LogP contribution in [-0.2, 0) is 13.2 Å². The van der Waals surface area contributed by atoms with Crippen LogP contribution in [0.25, 0.3) is 0 Å². The van der Waals surface area contributed by atoms with E-state index >= 15 is 0 Å². The fraction of sp³-hybridized carbons (Fsp3) is 0.444. The smallest absolute Gasteiger partial charge is 0.146 e. The zero-order chi connectivity index (χ0) is 15.2.